The van der Waals surface area contributed by atoms with Gasteiger partial charge in [-0.1, -0.05) is 42.4 Å². The van der Waals surface area contributed by atoms with Crippen molar-refractivity contribution in [1.29, 1.82) is 0 Å². The molecule has 0 bridgehead atoms. The monoisotopic (exact) mass is 326 g/mol. The molecule has 0 radical (unpaired) electrons. The van der Waals surface area contributed by atoms with Gasteiger partial charge < -0.3 is 14.7 Å². The molecule has 1 aromatic heterocycles. The Bertz CT molecular complexity index is 889. The van der Waals surface area contributed by atoms with E-state index in [-0.39, 0.29) is 17.2 Å². The van der Waals surface area contributed by atoms with Crippen molar-refractivity contribution < 1.29 is 19.7 Å². The van der Waals surface area contributed by atoms with Gasteiger partial charge in [0.2, 0.25) is 5.75 Å². The third kappa shape index (κ3) is 2.79. The highest BCUT2D eigenvalue weighted by Crippen LogP contribution is 2.40. The van der Waals surface area contributed by atoms with Crippen molar-refractivity contribution in [2.75, 3.05) is 0 Å². The summed E-state index contributed by atoms with van der Waals surface area (Å²) in [7, 11) is 0. The topological polar surface area (TPSA) is 110 Å². The Kier molecular flexibility index (Phi) is 3.91. The second-order valence-corrected chi connectivity index (χ2v) is 5.37. The molecule has 2 aromatic carbocycles. The van der Waals surface area contributed by atoms with Gasteiger partial charge in [0.15, 0.2) is 11.5 Å². The van der Waals surface area contributed by atoms with E-state index >= 15 is 0 Å². The zero-order valence-corrected chi connectivity index (χ0v) is 12.7. The van der Waals surface area contributed by atoms with E-state index in [9.17, 15) is 20.3 Å². The number of hydrogen-bond donors (Lipinski definition) is 2. The summed E-state index contributed by atoms with van der Waals surface area (Å²) in [4.78, 5) is 10.2. The van der Waals surface area contributed by atoms with Crippen LogP contribution in [0.4, 0.5) is 5.69 Å². The molecule has 7 nitrogen and oxygen atoms in total. The van der Waals surface area contributed by atoms with Crippen LogP contribution >= 0.6 is 0 Å². The Morgan fingerprint density at radius 2 is 1.88 bits per heavy atom. The third-order valence-electron chi connectivity index (χ3n) is 3.82. The Morgan fingerprint density at radius 1 is 1.17 bits per heavy atom. The van der Waals surface area contributed by atoms with Crippen LogP contribution in [0.5, 0.6) is 11.5 Å². The lowest BCUT2D eigenvalue weighted by atomic mass is 9.97. The minimum atomic E-state index is -0.777. The van der Waals surface area contributed by atoms with Gasteiger partial charge in [0.1, 0.15) is 0 Å². The second kappa shape index (κ2) is 6.04. The van der Waals surface area contributed by atoms with Crippen LogP contribution in [0.1, 0.15) is 24.1 Å². The summed E-state index contributed by atoms with van der Waals surface area (Å²) in [6, 6.07) is 13.7. The molecule has 0 aliphatic carbocycles. The zero-order valence-electron chi connectivity index (χ0n) is 12.7. The van der Waals surface area contributed by atoms with Gasteiger partial charge in [-0.2, -0.15) is 0 Å². The van der Waals surface area contributed by atoms with Crippen molar-refractivity contribution in [1.82, 2.24) is 5.16 Å². The molecule has 0 amide bonds. The predicted molar refractivity (Wildman–Crippen MR) is 85.9 cm³/mol. The van der Waals surface area contributed by atoms with Crippen LogP contribution in [0.3, 0.4) is 0 Å². The van der Waals surface area contributed by atoms with Crippen LogP contribution in [-0.4, -0.2) is 20.3 Å². The lowest BCUT2D eigenvalue weighted by Gasteiger charge is -2.06. The highest BCUT2D eigenvalue weighted by Gasteiger charge is 2.22. The van der Waals surface area contributed by atoms with E-state index in [0.29, 0.717) is 5.69 Å². The van der Waals surface area contributed by atoms with Gasteiger partial charge in [-0.05, 0) is 11.6 Å². The number of benzene rings is 2. The van der Waals surface area contributed by atoms with E-state index in [1.54, 1.807) is 6.07 Å². The van der Waals surface area contributed by atoms with E-state index in [1.165, 1.54) is 6.07 Å². The maximum atomic E-state index is 10.9. The molecule has 2 N–H and O–H groups in total. The molecule has 0 spiro atoms. The third-order valence-corrected chi connectivity index (χ3v) is 3.82. The molecule has 122 valence electrons. The Labute approximate surface area is 136 Å². The van der Waals surface area contributed by atoms with Crippen LogP contribution < -0.4 is 0 Å². The first kappa shape index (κ1) is 15.5. The highest BCUT2D eigenvalue weighted by molar-refractivity contribution is 5.69. The minimum absolute atomic E-state index is 0.0237. The summed E-state index contributed by atoms with van der Waals surface area (Å²) >= 11 is 0. The number of phenolic OH excluding ortho intramolecular Hbond substituents is 2. The SMILES string of the molecule is CC(c1ccccc1)c1cc(-c2cc(O)c(O)c([N+](=O)[O-])c2)on1. The molecule has 0 aliphatic heterocycles. The maximum Gasteiger partial charge on any atom is 0.315 e. The molecule has 1 heterocycles. The van der Waals surface area contributed by atoms with Gasteiger partial charge in [0.25, 0.3) is 0 Å². The van der Waals surface area contributed by atoms with Crippen molar-refractivity contribution in [3.05, 3.63) is 69.9 Å². The number of nitro groups is 1. The lowest BCUT2D eigenvalue weighted by molar-refractivity contribution is -0.385. The summed E-state index contributed by atoms with van der Waals surface area (Å²) < 4.78 is 5.26. The number of hydrogen-bond acceptors (Lipinski definition) is 6. The van der Waals surface area contributed by atoms with Gasteiger partial charge in [-0.3, -0.25) is 10.1 Å². The van der Waals surface area contributed by atoms with Crippen molar-refractivity contribution in [3.8, 4) is 22.8 Å². The van der Waals surface area contributed by atoms with Crippen molar-refractivity contribution in [2.45, 2.75) is 12.8 Å². The molecule has 1 unspecified atom stereocenters. The number of aromatic hydroxyl groups is 2. The largest absolute Gasteiger partial charge is 0.504 e. The van der Waals surface area contributed by atoms with Crippen LogP contribution in [-0.2, 0) is 0 Å². The second-order valence-electron chi connectivity index (χ2n) is 5.37. The van der Waals surface area contributed by atoms with Crippen LogP contribution in [0, 0.1) is 10.1 Å². The Morgan fingerprint density at radius 3 is 2.54 bits per heavy atom. The fraction of sp³-hybridized carbons (Fsp3) is 0.118. The molecule has 0 saturated carbocycles. The molecule has 0 aliphatic rings. The molecule has 0 saturated heterocycles. The molecule has 3 aromatic rings. The summed E-state index contributed by atoms with van der Waals surface area (Å²) in [5.74, 6) is -1.12. The zero-order chi connectivity index (χ0) is 17.3. The number of aromatic nitrogens is 1. The number of nitrogens with zero attached hydrogens (tertiary/aromatic N) is 2. The first-order valence-electron chi connectivity index (χ1n) is 7.19. The number of rotatable bonds is 4. The number of nitro benzene ring substituents is 1. The Hall–Kier alpha value is -3.35. The molecule has 24 heavy (non-hydrogen) atoms. The van der Waals surface area contributed by atoms with Gasteiger partial charge in [-0.15, -0.1) is 0 Å². The maximum absolute atomic E-state index is 10.9. The van der Waals surface area contributed by atoms with Gasteiger partial charge in [0, 0.05) is 23.6 Å². The van der Waals surface area contributed by atoms with E-state index in [1.807, 2.05) is 37.3 Å². The molecule has 3 rings (SSSR count). The summed E-state index contributed by atoms with van der Waals surface area (Å²) in [5.41, 5.74) is 1.37. The summed E-state index contributed by atoms with van der Waals surface area (Å²) in [5, 5.41) is 34.2. The van der Waals surface area contributed by atoms with E-state index in [2.05, 4.69) is 5.16 Å². The van der Waals surface area contributed by atoms with E-state index < -0.39 is 22.1 Å². The number of phenols is 2. The van der Waals surface area contributed by atoms with Crippen LogP contribution in [0.15, 0.2) is 53.1 Å². The Balaban J connectivity index is 1.98. The van der Waals surface area contributed by atoms with E-state index in [4.69, 9.17) is 4.52 Å². The normalized spacial score (nSPS) is 12.0. The summed E-state index contributed by atoms with van der Waals surface area (Å²) in [6.45, 7) is 1.97. The average Bonchev–Trinajstić information content (AvgIpc) is 3.07. The fourth-order valence-electron chi connectivity index (χ4n) is 2.43. The van der Waals surface area contributed by atoms with Gasteiger partial charge in [0.05, 0.1) is 10.6 Å². The van der Waals surface area contributed by atoms with Crippen LogP contribution in [0.25, 0.3) is 11.3 Å². The summed E-state index contributed by atoms with van der Waals surface area (Å²) in [6.07, 6.45) is 0. The molecular weight excluding hydrogens is 312 g/mol. The van der Waals surface area contributed by atoms with Crippen molar-refractivity contribution in [3.63, 3.8) is 0 Å². The van der Waals surface area contributed by atoms with Crippen LogP contribution in [0.2, 0.25) is 0 Å². The average molecular weight is 326 g/mol. The molecule has 0 fully saturated rings. The standard InChI is InChI=1S/C17H14N2O5/c1-10(11-5-3-2-4-6-11)13-9-16(24-18-13)12-7-14(19(22)23)17(21)15(20)8-12/h2-10,20-21H,1H3. The van der Waals surface area contributed by atoms with Gasteiger partial charge >= 0.3 is 5.69 Å². The van der Waals surface area contributed by atoms with E-state index in [0.717, 1.165) is 11.6 Å². The smallest absolute Gasteiger partial charge is 0.315 e. The molecule has 1 atom stereocenters. The quantitative estimate of drug-likeness (QED) is 0.428. The first-order chi connectivity index (χ1) is 11.5. The van der Waals surface area contributed by atoms with Crippen molar-refractivity contribution in [2.24, 2.45) is 0 Å². The minimum Gasteiger partial charge on any atom is -0.504 e. The molecule has 7 heteroatoms. The predicted octanol–water partition coefficient (Wildman–Crippen LogP) is 3.81. The lowest BCUT2D eigenvalue weighted by Crippen LogP contribution is -1.95. The van der Waals surface area contributed by atoms with Crippen molar-refractivity contribution >= 4 is 5.69 Å². The van der Waals surface area contributed by atoms with Gasteiger partial charge in [-0.25, -0.2) is 0 Å². The fourth-order valence-corrected chi connectivity index (χ4v) is 2.43. The highest BCUT2D eigenvalue weighted by atomic mass is 16.6. The first-order valence-corrected chi connectivity index (χ1v) is 7.19. The molecular formula is C17H14N2O5.